The van der Waals surface area contributed by atoms with Crippen molar-refractivity contribution in [2.24, 2.45) is 23.0 Å². The average Bonchev–Trinajstić information content (AvgIpc) is 2.77. The van der Waals surface area contributed by atoms with Gasteiger partial charge in [-0.15, -0.1) is 0 Å². The highest BCUT2D eigenvalue weighted by molar-refractivity contribution is 5.40. The summed E-state index contributed by atoms with van der Waals surface area (Å²) in [4.78, 5) is 0. The maximum atomic E-state index is 10.3. The van der Waals surface area contributed by atoms with Gasteiger partial charge < -0.3 is 15.6 Å². The minimum Gasteiger partial charge on any atom is -0.497 e. The molecule has 0 radical (unpaired) electrons. The van der Waals surface area contributed by atoms with Gasteiger partial charge in [-0.3, -0.25) is 0 Å². The van der Waals surface area contributed by atoms with Gasteiger partial charge in [-0.1, -0.05) is 13.0 Å². The summed E-state index contributed by atoms with van der Waals surface area (Å²) in [6.45, 7) is 2.32. The molecule has 3 nitrogen and oxygen atoms in total. The number of nitrogens with two attached hydrogens (primary N) is 1. The van der Waals surface area contributed by atoms with Crippen LogP contribution in [0.4, 0.5) is 0 Å². The van der Waals surface area contributed by atoms with E-state index in [9.17, 15) is 5.11 Å². The summed E-state index contributed by atoms with van der Waals surface area (Å²) in [5.41, 5.74) is 9.47. The molecule has 0 spiro atoms. The highest BCUT2D eigenvalue weighted by atomic mass is 16.5. The first kappa shape index (κ1) is 14.5. The van der Waals surface area contributed by atoms with Crippen LogP contribution in [-0.4, -0.2) is 24.4 Å². The fourth-order valence-electron chi connectivity index (χ4n) is 5.74. The Kier molecular flexibility index (Phi) is 3.28. The topological polar surface area (TPSA) is 55.5 Å². The van der Waals surface area contributed by atoms with Gasteiger partial charge in [-0.2, -0.15) is 0 Å². The second-order valence-corrected chi connectivity index (χ2v) is 7.85. The molecule has 2 fully saturated rings. The van der Waals surface area contributed by atoms with Gasteiger partial charge in [-0.05, 0) is 78.5 Å². The largest absolute Gasteiger partial charge is 0.497 e. The van der Waals surface area contributed by atoms with Crippen molar-refractivity contribution in [2.45, 2.75) is 57.1 Å². The third-order valence-electron chi connectivity index (χ3n) is 7.04. The number of ether oxygens (including phenoxy) is 1. The first-order valence-electron chi connectivity index (χ1n) is 8.65. The molecule has 22 heavy (non-hydrogen) atoms. The van der Waals surface area contributed by atoms with Crippen molar-refractivity contribution in [3.8, 4) is 5.75 Å². The van der Waals surface area contributed by atoms with Crippen LogP contribution in [0.2, 0.25) is 0 Å². The molecule has 0 heterocycles. The lowest BCUT2D eigenvalue weighted by molar-refractivity contribution is 0.0472. The van der Waals surface area contributed by atoms with Crippen LogP contribution in [0.3, 0.4) is 0 Å². The molecule has 6 atom stereocenters. The van der Waals surface area contributed by atoms with Crippen LogP contribution in [0.25, 0.3) is 0 Å². The van der Waals surface area contributed by atoms with E-state index in [0.29, 0.717) is 17.8 Å². The van der Waals surface area contributed by atoms with E-state index >= 15 is 0 Å². The van der Waals surface area contributed by atoms with Crippen molar-refractivity contribution in [2.75, 3.05) is 7.11 Å². The van der Waals surface area contributed by atoms with Crippen LogP contribution in [0.5, 0.6) is 5.75 Å². The quantitative estimate of drug-likeness (QED) is 0.838. The second-order valence-electron chi connectivity index (χ2n) is 7.85. The molecule has 3 heteroatoms. The van der Waals surface area contributed by atoms with Gasteiger partial charge in [-0.25, -0.2) is 0 Å². The maximum absolute atomic E-state index is 10.3. The Bertz CT molecular complexity index is 587. The third kappa shape index (κ3) is 1.88. The monoisotopic (exact) mass is 301 g/mol. The first-order valence-corrected chi connectivity index (χ1v) is 8.65. The molecule has 1 aromatic carbocycles. The SMILES string of the molecule is COc1ccc2c(c1)CC[C@@H]1[C@@H]2CC[C@]2(C)[C@H](N)[C@@H](O)C[C@@H]12. The fraction of sp³-hybridized carbons (Fsp3) is 0.684. The predicted octanol–water partition coefficient (Wildman–Crippen LogP) is 2.85. The zero-order valence-electron chi connectivity index (χ0n) is 13.6. The number of fused-ring (bicyclic) bond motifs is 5. The van der Waals surface area contributed by atoms with Gasteiger partial charge in [0, 0.05) is 6.04 Å². The molecule has 3 aliphatic carbocycles. The number of benzene rings is 1. The summed E-state index contributed by atoms with van der Waals surface area (Å²) in [5, 5.41) is 10.3. The van der Waals surface area contributed by atoms with Gasteiger partial charge >= 0.3 is 0 Å². The molecule has 3 aliphatic rings. The number of hydrogen-bond donors (Lipinski definition) is 2. The second kappa shape index (κ2) is 4.97. The van der Waals surface area contributed by atoms with Crippen LogP contribution >= 0.6 is 0 Å². The Labute approximate surface area is 132 Å². The number of aryl methyl sites for hydroxylation is 1. The van der Waals surface area contributed by atoms with E-state index in [1.54, 1.807) is 7.11 Å². The maximum Gasteiger partial charge on any atom is 0.119 e. The van der Waals surface area contributed by atoms with E-state index in [-0.39, 0.29) is 17.6 Å². The lowest BCUT2D eigenvalue weighted by Gasteiger charge is -2.50. The van der Waals surface area contributed by atoms with Crippen LogP contribution in [0.1, 0.15) is 49.7 Å². The van der Waals surface area contributed by atoms with Crippen molar-refractivity contribution in [3.63, 3.8) is 0 Å². The Hall–Kier alpha value is -1.06. The minimum atomic E-state index is -0.314. The molecule has 0 saturated heterocycles. The van der Waals surface area contributed by atoms with Gasteiger partial charge in [0.05, 0.1) is 13.2 Å². The first-order chi connectivity index (χ1) is 10.5. The Morgan fingerprint density at radius 1 is 1.32 bits per heavy atom. The molecule has 0 amide bonds. The van der Waals surface area contributed by atoms with E-state index in [4.69, 9.17) is 10.5 Å². The molecule has 0 aromatic heterocycles. The average molecular weight is 301 g/mol. The zero-order chi connectivity index (χ0) is 15.5. The molecule has 0 aliphatic heterocycles. The molecular formula is C19H27NO2. The Morgan fingerprint density at radius 3 is 2.91 bits per heavy atom. The van der Waals surface area contributed by atoms with Gasteiger partial charge in [0.15, 0.2) is 0 Å². The number of aliphatic hydroxyl groups excluding tert-OH is 1. The smallest absolute Gasteiger partial charge is 0.119 e. The van der Waals surface area contributed by atoms with E-state index < -0.39 is 0 Å². The summed E-state index contributed by atoms with van der Waals surface area (Å²) in [6, 6.07) is 6.55. The summed E-state index contributed by atoms with van der Waals surface area (Å²) in [7, 11) is 1.74. The Balaban J connectivity index is 1.69. The van der Waals surface area contributed by atoms with Gasteiger partial charge in [0.1, 0.15) is 5.75 Å². The molecule has 3 N–H and O–H groups in total. The molecule has 120 valence electrons. The van der Waals surface area contributed by atoms with Crippen LogP contribution < -0.4 is 10.5 Å². The lowest BCUT2D eigenvalue weighted by atomic mass is 9.55. The molecular weight excluding hydrogens is 274 g/mol. The van der Waals surface area contributed by atoms with Crippen molar-refractivity contribution in [1.29, 1.82) is 0 Å². The highest BCUT2D eigenvalue weighted by Gasteiger charge is 2.56. The van der Waals surface area contributed by atoms with Gasteiger partial charge in [0.25, 0.3) is 0 Å². The number of hydrogen-bond acceptors (Lipinski definition) is 3. The van der Waals surface area contributed by atoms with Crippen LogP contribution in [-0.2, 0) is 6.42 Å². The Morgan fingerprint density at radius 2 is 2.14 bits per heavy atom. The summed E-state index contributed by atoms with van der Waals surface area (Å²) < 4.78 is 5.38. The van der Waals surface area contributed by atoms with E-state index in [0.717, 1.165) is 25.0 Å². The van der Waals surface area contributed by atoms with E-state index in [2.05, 4.69) is 25.1 Å². The summed E-state index contributed by atoms with van der Waals surface area (Å²) >= 11 is 0. The molecule has 2 saturated carbocycles. The number of aliphatic hydroxyl groups is 1. The number of methoxy groups -OCH3 is 1. The highest BCUT2D eigenvalue weighted by Crippen LogP contribution is 2.60. The van der Waals surface area contributed by atoms with Crippen molar-refractivity contribution in [1.82, 2.24) is 0 Å². The molecule has 0 unspecified atom stereocenters. The standard InChI is InChI=1S/C19H27NO2/c1-19-8-7-14-13-6-4-12(22-2)9-11(13)3-5-15(14)16(19)10-17(21)18(19)20/h4,6,9,14-18,21H,3,5,7-8,10,20H2,1-2H3/t14-,15-,16+,17+,18-,19+/m1/s1. The summed E-state index contributed by atoms with van der Waals surface area (Å²) in [5.74, 6) is 2.87. The summed E-state index contributed by atoms with van der Waals surface area (Å²) in [6.07, 6.45) is 5.28. The van der Waals surface area contributed by atoms with E-state index in [1.165, 1.54) is 24.0 Å². The van der Waals surface area contributed by atoms with Crippen LogP contribution in [0, 0.1) is 17.3 Å². The van der Waals surface area contributed by atoms with Crippen molar-refractivity contribution < 1.29 is 9.84 Å². The molecule has 1 aromatic rings. The molecule has 0 bridgehead atoms. The number of rotatable bonds is 1. The fourth-order valence-corrected chi connectivity index (χ4v) is 5.74. The minimum absolute atomic E-state index is 0.0456. The van der Waals surface area contributed by atoms with Crippen molar-refractivity contribution >= 4 is 0 Å². The van der Waals surface area contributed by atoms with E-state index in [1.807, 2.05) is 0 Å². The third-order valence-corrected chi connectivity index (χ3v) is 7.04. The van der Waals surface area contributed by atoms with Crippen molar-refractivity contribution in [3.05, 3.63) is 29.3 Å². The van der Waals surface area contributed by atoms with Crippen LogP contribution in [0.15, 0.2) is 18.2 Å². The predicted molar refractivity (Wildman–Crippen MR) is 87.0 cm³/mol. The normalized spacial score (nSPS) is 43.2. The van der Waals surface area contributed by atoms with Gasteiger partial charge in [0.2, 0.25) is 0 Å². The molecule has 4 rings (SSSR count). The zero-order valence-corrected chi connectivity index (χ0v) is 13.6. The lowest BCUT2D eigenvalue weighted by Crippen LogP contribution is -2.48.